The molecular weight excluding hydrogens is 1380 g/mol. The summed E-state index contributed by atoms with van der Waals surface area (Å²) in [6.07, 6.45) is 12.8. The smallest absolute Gasteiger partial charge is 0.399 e. The van der Waals surface area contributed by atoms with Gasteiger partial charge in [0.05, 0.1) is 43.7 Å². The number of halogens is 1. The number of nitrogens with zero attached hydrogens (tertiary/aromatic N) is 4. The van der Waals surface area contributed by atoms with Gasteiger partial charge in [-0.1, -0.05) is 287 Å². The Morgan fingerprint density at radius 3 is 1.15 bits per heavy atom. The van der Waals surface area contributed by atoms with Crippen LogP contribution < -0.4 is 5.46 Å². The van der Waals surface area contributed by atoms with Crippen LogP contribution in [-0.2, 0) is 20.1 Å². The summed E-state index contributed by atoms with van der Waals surface area (Å²) in [6.45, 7) is 8.56. The van der Waals surface area contributed by atoms with Crippen molar-refractivity contribution in [1.29, 1.82) is 0 Å². The van der Waals surface area contributed by atoms with E-state index in [2.05, 4.69) is 258 Å². The molecular formula is C98H80BClN4O2S2. The molecule has 2 saturated carbocycles. The summed E-state index contributed by atoms with van der Waals surface area (Å²) < 4.78 is 17.9. The van der Waals surface area contributed by atoms with Crippen LogP contribution in [0.2, 0.25) is 5.02 Å². The van der Waals surface area contributed by atoms with Crippen molar-refractivity contribution < 1.29 is 9.31 Å². The molecule has 526 valence electrons. The SMILES string of the molecule is CC1(C)OB(c2cccc3c2C2(CCCCC2)c2ccccc2-3)OC1(C)C.Clc1cccc2c1sc1ccc(-c3nc(-c4ccccc4)cc(-c4ccccc4)n3)cc12.c1ccc(-c2cc(-c3ccccc3)nc(-c3ccc4sc5c(-c6cccc7c6C6(CCCCC6)c6ccccc6-7)cccc5c4c3)n2)cc1. The number of hydrogen-bond acceptors (Lipinski definition) is 8. The molecule has 0 atom stereocenters. The first-order chi connectivity index (χ1) is 52.9. The van der Waals surface area contributed by atoms with Gasteiger partial charge >= 0.3 is 7.12 Å². The molecule has 12 aromatic carbocycles. The van der Waals surface area contributed by atoms with Crippen LogP contribution in [0.4, 0.5) is 0 Å². The summed E-state index contributed by atoms with van der Waals surface area (Å²) in [7, 11) is -0.293. The molecule has 5 aliphatic rings. The van der Waals surface area contributed by atoms with Gasteiger partial charge in [0.1, 0.15) is 0 Å². The van der Waals surface area contributed by atoms with E-state index in [-0.39, 0.29) is 29.2 Å². The Kier molecular flexibility index (Phi) is 17.4. The highest BCUT2D eigenvalue weighted by Crippen LogP contribution is 2.60. The second kappa shape index (κ2) is 27.6. The highest BCUT2D eigenvalue weighted by atomic mass is 35.5. The maximum atomic E-state index is 6.49. The molecule has 0 N–H and O–H groups in total. The third-order valence-corrected chi connectivity index (χ3v) is 26.9. The molecule has 2 spiro atoms. The van der Waals surface area contributed by atoms with Gasteiger partial charge in [-0.15, -0.1) is 22.7 Å². The van der Waals surface area contributed by atoms with Crippen LogP contribution in [-0.4, -0.2) is 38.3 Å². The molecule has 0 amide bonds. The number of aromatic nitrogens is 4. The van der Waals surface area contributed by atoms with E-state index in [4.69, 9.17) is 40.8 Å². The molecule has 4 aliphatic carbocycles. The molecule has 10 heteroatoms. The van der Waals surface area contributed by atoms with Gasteiger partial charge in [0.2, 0.25) is 0 Å². The average molecular weight is 1460 g/mol. The third kappa shape index (κ3) is 11.8. The quantitative estimate of drug-likeness (QED) is 0.141. The third-order valence-electron chi connectivity index (χ3n) is 24.0. The summed E-state index contributed by atoms with van der Waals surface area (Å²) in [5, 5.41) is 5.70. The van der Waals surface area contributed by atoms with E-state index >= 15 is 0 Å². The van der Waals surface area contributed by atoms with Gasteiger partial charge in [-0.05, 0) is 169 Å². The fourth-order valence-corrected chi connectivity index (χ4v) is 20.7. The molecule has 4 aromatic heterocycles. The molecule has 6 nitrogen and oxygen atoms in total. The monoisotopic (exact) mass is 1450 g/mol. The Hall–Kier alpha value is -10.5. The minimum Gasteiger partial charge on any atom is -0.399 e. The Morgan fingerprint density at radius 1 is 0.315 bits per heavy atom. The summed E-state index contributed by atoms with van der Waals surface area (Å²) in [5.74, 6) is 1.46. The van der Waals surface area contributed by atoms with Gasteiger partial charge in [-0.25, -0.2) is 19.9 Å². The first-order valence-corrected chi connectivity index (χ1v) is 40.3. The maximum Gasteiger partial charge on any atom is 0.495 e. The predicted octanol–water partition coefficient (Wildman–Crippen LogP) is 26.5. The highest BCUT2D eigenvalue weighted by Gasteiger charge is 2.55. The fourth-order valence-electron chi connectivity index (χ4n) is 18.1. The molecule has 3 fully saturated rings. The molecule has 5 heterocycles. The van der Waals surface area contributed by atoms with Gasteiger partial charge in [-0.2, -0.15) is 0 Å². The van der Waals surface area contributed by atoms with Gasteiger partial charge in [0.25, 0.3) is 0 Å². The summed E-state index contributed by atoms with van der Waals surface area (Å²) in [6, 6.07) is 104. The van der Waals surface area contributed by atoms with Crippen molar-refractivity contribution >= 4 is 87.2 Å². The number of hydrogen-bond donors (Lipinski definition) is 0. The lowest BCUT2D eigenvalue weighted by molar-refractivity contribution is 0.00578. The maximum absolute atomic E-state index is 6.49. The van der Waals surface area contributed by atoms with Gasteiger partial charge in [0.15, 0.2) is 11.6 Å². The lowest BCUT2D eigenvalue weighted by Gasteiger charge is -2.37. The Morgan fingerprint density at radius 2 is 0.676 bits per heavy atom. The van der Waals surface area contributed by atoms with Crippen molar-refractivity contribution in [2.24, 2.45) is 0 Å². The van der Waals surface area contributed by atoms with Gasteiger partial charge in [0, 0.05) is 79.9 Å². The first-order valence-electron chi connectivity index (χ1n) is 38.3. The van der Waals surface area contributed by atoms with Crippen molar-refractivity contribution in [2.45, 2.75) is 114 Å². The van der Waals surface area contributed by atoms with Crippen molar-refractivity contribution in [3.63, 3.8) is 0 Å². The van der Waals surface area contributed by atoms with Crippen molar-refractivity contribution in [3.05, 3.63) is 318 Å². The number of benzene rings is 12. The van der Waals surface area contributed by atoms with E-state index in [1.165, 1.54) is 155 Å². The standard InChI is InChI=1S/C46H34N2S.C28H17ClN2S.C24H29BO2/c1-4-14-30(15-5-1)40-29-41(31-16-6-2-7-17-31)48-45(47-40)32-24-25-42-38(28-32)37-22-13-21-36(44(37)49-42)35-20-12-19-34-33-18-8-9-23-39(33)46(43(34)35)26-10-3-11-27-46;29-23-13-7-12-21-22-16-20(14-15-26(22)32-27(21)23)28-30-24(18-8-3-1-4-9-18)17-25(31-28)19-10-5-2-6-11-19;1-22(2)23(3,4)27-25(26-22)20-14-10-12-18-17-11-6-7-13-19(17)24(21(18)20)15-8-5-9-16-24/h1-2,4-9,12-25,28-29H,3,10-11,26-27H2;1-17H;6-7,10-14H,5,8-9,15-16H2,1-4H3. The van der Waals surface area contributed by atoms with Crippen molar-refractivity contribution in [1.82, 2.24) is 19.9 Å². The molecule has 1 saturated heterocycles. The predicted molar refractivity (Wildman–Crippen MR) is 454 cm³/mol. The van der Waals surface area contributed by atoms with Crippen molar-refractivity contribution in [2.75, 3.05) is 0 Å². The zero-order valence-electron chi connectivity index (χ0n) is 61.2. The molecule has 16 aromatic rings. The average Bonchev–Trinajstić information content (AvgIpc) is 1.55. The Balaban J connectivity index is 0.000000117. The summed E-state index contributed by atoms with van der Waals surface area (Å²) in [4.78, 5) is 20.2. The van der Waals surface area contributed by atoms with Crippen LogP contribution in [0.1, 0.15) is 114 Å². The molecule has 108 heavy (non-hydrogen) atoms. The van der Waals surface area contributed by atoms with E-state index in [1.807, 2.05) is 72.0 Å². The minimum absolute atomic E-state index is 0.102. The number of thiophene rings is 2. The number of fused-ring (bicyclic) bond motifs is 16. The normalized spacial score (nSPS) is 16.0. The van der Waals surface area contributed by atoms with E-state index in [0.29, 0.717) is 5.82 Å². The van der Waals surface area contributed by atoms with E-state index < -0.39 is 0 Å². The molecule has 0 unspecified atom stereocenters. The van der Waals surface area contributed by atoms with Crippen LogP contribution in [0.5, 0.6) is 0 Å². The first kappa shape index (κ1) is 68.1. The fraction of sp³-hybridized carbons (Fsp3) is 0.184. The van der Waals surface area contributed by atoms with Crippen LogP contribution in [0.3, 0.4) is 0 Å². The van der Waals surface area contributed by atoms with Gasteiger partial charge in [-0.3, -0.25) is 0 Å². The molecule has 1 aliphatic heterocycles. The second-order valence-corrected chi connectivity index (χ2v) is 33.3. The van der Waals surface area contributed by atoms with Crippen LogP contribution >= 0.6 is 34.3 Å². The topological polar surface area (TPSA) is 70.0 Å². The number of rotatable bonds is 8. The lowest BCUT2D eigenvalue weighted by Crippen LogP contribution is -2.42. The Labute approximate surface area is 645 Å². The largest absolute Gasteiger partial charge is 0.495 e. The molecule has 0 radical (unpaired) electrons. The minimum atomic E-state index is -0.314. The van der Waals surface area contributed by atoms with E-state index in [1.54, 1.807) is 16.9 Å². The zero-order chi connectivity index (χ0) is 72.7. The van der Waals surface area contributed by atoms with Crippen LogP contribution in [0, 0.1) is 0 Å². The summed E-state index contributed by atoms with van der Waals surface area (Å²) >= 11 is 10.1. The highest BCUT2D eigenvalue weighted by molar-refractivity contribution is 7.26. The summed E-state index contributed by atoms with van der Waals surface area (Å²) in [5.41, 5.74) is 25.4. The lowest BCUT2D eigenvalue weighted by atomic mass is 9.62. The van der Waals surface area contributed by atoms with E-state index in [0.717, 1.165) is 71.7 Å². The van der Waals surface area contributed by atoms with Crippen LogP contribution in [0.15, 0.2) is 291 Å². The Bertz CT molecular complexity index is 5990. The van der Waals surface area contributed by atoms with Crippen molar-refractivity contribution in [3.8, 4) is 101 Å². The zero-order valence-corrected chi connectivity index (χ0v) is 63.5. The molecule has 0 bridgehead atoms. The second-order valence-electron chi connectivity index (χ2n) is 30.8. The van der Waals surface area contributed by atoms with Crippen LogP contribution in [0.25, 0.3) is 142 Å². The van der Waals surface area contributed by atoms with Gasteiger partial charge < -0.3 is 9.31 Å². The molecule has 21 rings (SSSR count). The van der Waals surface area contributed by atoms with E-state index in [9.17, 15) is 0 Å².